The van der Waals surface area contributed by atoms with E-state index in [1.54, 1.807) is 18.2 Å². The van der Waals surface area contributed by atoms with E-state index in [0.29, 0.717) is 23.2 Å². The summed E-state index contributed by atoms with van der Waals surface area (Å²) in [5, 5.41) is -0.312. The van der Waals surface area contributed by atoms with Gasteiger partial charge in [-0.1, -0.05) is 6.92 Å². The Morgan fingerprint density at radius 1 is 1.14 bits per heavy atom. The molecule has 0 spiro atoms. The van der Waals surface area contributed by atoms with E-state index in [1.165, 1.54) is 0 Å². The first kappa shape index (κ1) is 15.7. The summed E-state index contributed by atoms with van der Waals surface area (Å²) < 4.78 is 16.9. The highest BCUT2D eigenvalue weighted by Crippen LogP contribution is 2.41. The van der Waals surface area contributed by atoms with E-state index in [1.807, 2.05) is 0 Å². The van der Waals surface area contributed by atoms with Gasteiger partial charge in [-0.05, 0) is 25.1 Å². The Morgan fingerprint density at radius 3 is 2.50 bits per heavy atom. The molecule has 8 radical (unpaired) electrons. The normalized spacial score (nSPS) is 28.8. The number of hydrogen-bond acceptors (Lipinski definition) is 4. The molecule has 4 nitrogen and oxygen atoms in total. The van der Waals surface area contributed by atoms with Gasteiger partial charge < -0.3 is 19.5 Å². The van der Waals surface area contributed by atoms with Crippen LogP contribution in [0.4, 0.5) is 0 Å². The van der Waals surface area contributed by atoms with Crippen molar-refractivity contribution in [3.05, 3.63) is 18.2 Å². The lowest BCUT2D eigenvalue weighted by Gasteiger charge is -2.48. The van der Waals surface area contributed by atoms with Gasteiger partial charge in [0.15, 0.2) is 11.5 Å². The predicted molar refractivity (Wildman–Crippen MR) is 87.2 cm³/mol. The second-order valence-corrected chi connectivity index (χ2v) is 6.03. The first-order valence-electron chi connectivity index (χ1n) is 7.33. The van der Waals surface area contributed by atoms with E-state index in [9.17, 15) is 0 Å². The minimum absolute atomic E-state index is 0.146. The highest BCUT2D eigenvalue weighted by atomic mass is 16.6. The third-order valence-corrected chi connectivity index (χ3v) is 4.08. The van der Waals surface area contributed by atoms with Gasteiger partial charge in [-0.15, -0.1) is 0 Å². The SMILES string of the molecule is [B]C1([B])Oc2ccc(OC3CCNCC3C)cc2OC1([B])[B]. The van der Waals surface area contributed by atoms with Crippen LogP contribution in [0.3, 0.4) is 0 Å². The molecule has 106 valence electrons. The van der Waals surface area contributed by atoms with Gasteiger partial charge in [-0.2, -0.15) is 0 Å². The lowest BCUT2D eigenvalue weighted by atomic mass is 9.41. The average molecular weight is 289 g/mol. The summed E-state index contributed by atoms with van der Waals surface area (Å²) in [4.78, 5) is 0. The molecule has 2 aliphatic heterocycles. The van der Waals surface area contributed by atoms with Gasteiger partial charge >= 0.3 is 0 Å². The number of fused-ring (bicyclic) bond motifs is 1. The van der Waals surface area contributed by atoms with E-state index >= 15 is 0 Å². The van der Waals surface area contributed by atoms with Gasteiger partial charge in [-0.3, -0.25) is 0 Å². The molecule has 2 heterocycles. The molecule has 1 aromatic carbocycles. The minimum Gasteiger partial charge on any atom is -0.501 e. The molecular weight excluding hydrogens is 273 g/mol. The zero-order valence-corrected chi connectivity index (χ0v) is 12.5. The second kappa shape index (κ2) is 5.48. The van der Waals surface area contributed by atoms with Crippen LogP contribution in [0.2, 0.25) is 0 Å². The van der Waals surface area contributed by atoms with Crippen LogP contribution in [0, 0.1) is 5.92 Å². The summed E-state index contributed by atoms with van der Waals surface area (Å²) in [6, 6.07) is 5.15. The summed E-state index contributed by atoms with van der Waals surface area (Å²) in [6.45, 7) is 4.03. The lowest BCUT2D eigenvalue weighted by molar-refractivity contribution is 0.0601. The van der Waals surface area contributed by atoms with E-state index in [4.69, 9.17) is 45.6 Å². The summed E-state index contributed by atoms with van der Waals surface area (Å²) in [5.74, 6) is 1.82. The van der Waals surface area contributed by atoms with Crippen LogP contribution in [0.25, 0.3) is 0 Å². The van der Waals surface area contributed by atoms with Gasteiger partial charge in [-0.25, -0.2) is 0 Å². The molecule has 1 saturated heterocycles. The molecule has 0 amide bonds. The Kier molecular flexibility index (Phi) is 3.92. The van der Waals surface area contributed by atoms with Crippen LogP contribution >= 0.6 is 0 Å². The van der Waals surface area contributed by atoms with E-state index < -0.39 is 10.8 Å². The van der Waals surface area contributed by atoms with Gasteiger partial charge in [0, 0.05) is 29.3 Å². The zero-order chi connectivity index (χ0) is 16.0. The van der Waals surface area contributed by atoms with Gasteiger partial charge in [0.25, 0.3) is 0 Å². The van der Waals surface area contributed by atoms with Gasteiger partial charge in [0.1, 0.15) is 43.2 Å². The van der Waals surface area contributed by atoms with E-state index in [0.717, 1.165) is 19.5 Å². The minimum atomic E-state index is -1.83. The Bertz CT molecular complexity index is 567. The van der Waals surface area contributed by atoms with Crippen LogP contribution in [0.15, 0.2) is 18.2 Å². The summed E-state index contributed by atoms with van der Waals surface area (Å²) in [6.07, 6.45) is 1.09. The Hall–Kier alpha value is -1.16. The number of nitrogens with one attached hydrogen (secondary N) is 1. The smallest absolute Gasteiger partial charge is 0.163 e. The summed E-state index contributed by atoms with van der Waals surface area (Å²) in [5.41, 5.74) is 0. The molecule has 22 heavy (non-hydrogen) atoms. The molecule has 0 bridgehead atoms. The topological polar surface area (TPSA) is 39.7 Å². The molecule has 0 aliphatic carbocycles. The maximum atomic E-state index is 6.03. The van der Waals surface area contributed by atoms with Gasteiger partial charge in [0.05, 0.1) is 0 Å². The highest BCUT2D eigenvalue weighted by molar-refractivity contribution is 6.53. The molecule has 2 atom stereocenters. The molecule has 1 N–H and O–H groups in total. The Balaban J connectivity index is 1.80. The monoisotopic (exact) mass is 289 g/mol. The molecule has 1 fully saturated rings. The fourth-order valence-electron chi connectivity index (χ4n) is 2.59. The first-order valence-corrected chi connectivity index (χ1v) is 7.33. The Labute approximate surface area is 136 Å². The van der Waals surface area contributed by atoms with Crippen molar-refractivity contribution >= 4 is 31.4 Å². The molecule has 1 aromatic rings. The third-order valence-electron chi connectivity index (χ3n) is 4.08. The maximum absolute atomic E-state index is 6.03. The van der Waals surface area contributed by atoms with Crippen LogP contribution < -0.4 is 19.5 Å². The fourth-order valence-corrected chi connectivity index (χ4v) is 2.59. The van der Waals surface area contributed by atoms with Crippen LogP contribution in [0.5, 0.6) is 17.2 Å². The van der Waals surface area contributed by atoms with E-state index in [-0.39, 0.29) is 6.10 Å². The van der Waals surface area contributed by atoms with Crippen molar-refractivity contribution in [2.45, 2.75) is 30.2 Å². The van der Waals surface area contributed by atoms with Crippen molar-refractivity contribution in [2.75, 3.05) is 13.1 Å². The fraction of sp³-hybridized carbons (Fsp3) is 0.571. The average Bonchev–Trinajstić information content (AvgIpc) is 2.42. The summed E-state index contributed by atoms with van der Waals surface area (Å²) in [7, 11) is 23.0. The van der Waals surface area contributed by atoms with Crippen molar-refractivity contribution in [2.24, 2.45) is 5.92 Å². The zero-order valence-electron chi connectivity index (χ0n) is 12.5. The van der Waals surface area contributed by atoms with Crippen molar-refractivity contribution in [3.63, 3.8) is 0 Å². The molecule has 2 unspecified atom stereocenters. The first-order chi connectivity index (χ1) is 10.3. The Morgan fingerprint density at radius 2 is 1.82 bits per heavy atom. The number of piperidine rings is 1. The third kappa shape index (κ3) is 2.85. The molecule has 3 rings (SSSR count). The lowest BCUT2D eigenvalue weighted by Crippen LogP contribution is -2.65. The van der Waals surface area contributed by atoms with Crippen LogP contribution in [-0.2, 0) is 0 Å². The van der Waals surface area contributed by atoms with Crippen molar-refractivity contribution in [3.8, 4) is 17.2 Å². The second-order valence-electron chi connectivity index (χ2n) is 6.03. The van der Waals surface area contributed by atoms with Crippen molar-refractivity contribution in [1.82, 2.24) is 5.32 Å². The number of benzene rings is 1. The van der Waals surface area contributed by atoms with Gasteiger partial charge in [0.2, 0.25) is 0 Å². The molecular formula is C14H15B4NO3. The van der Waals surface area contributed by atoms with Crippen molar-refractivity contribution in [1.29, 1.82) is 0 Å². The molecule has 0 saturated carbocycles. The van der Waals surface area contributed by atoms with Crippen LogP contribution in [-0.4, -0.2) is 61.4 Å². The molecule has 8 heteroatoms. The standard InChI is InChI=1S/C14H15B4NO3/c1-8-7-19-5-4-10(8)20-9-2-3-11-12(6-9)22-14(17,18)13(15,16)21-11/h2-3,6,8,10,19H,4-5,7H2,1H3. The molecule has 2 aliphatic rings. The summed E-state index contributed by atoms with van der Waals surface area (Å²) >= 11 is 0. The maximum Gasteiger partial charge on any atom is 0.163 e. The quantitative estimate of drug-likeness (QED) is 0.766. The number of rotatable bonds is 2. The van der Waals surface area contributed by atoms with Crippen LogP contribution in [0.1, 0.15) is 13.3 Å². The van der Waals surface area contributed by atoms with E-state index in [2.05, 4.69) is 12.2 Å². The van der Waals surface area contributed by atoms with Crippen molar-refractivity contribution < 1.29 is 14.2 Å². The predicted octanol–water partition coefficient (Wildman–Crippen LogP) is -0.184. The molecule has 0 aromatic heterocycles. The highest BCUT2D eigenvalue weighted by Gasteiger charge is 2.43. The number of hydrogen-bond donors (Lipinski definition) is 1. The largest absolute Gasteiger partial charge is 0.501 e. The number of ether oxygens (including phenoxy) is 3.